The smallest absolute Gasteiger partial charge is 0.110 e. The van der Waals surface area contributed by atoms with Crippen molar-refractivity contribution in [2.45, 2.75) is 13.1 Å². The molecule has 1 aliphatic rings. The summed E-state index contributed by atoms with van der Waals surface area (Å²) in [5.74, 6) is 0. The Balaban J connectivity index is 2.10. The van der Waals surface area contributed by atoms with Crippen LogP contribution in [0.15, 0.2) is 30.3 Å². The van der Waals surface area contributed by atoms with Crippen LogP contribution in [0.5, 0.6) is 0 Å². The Morgan fingerprint density at radius 1 is 1.43 bits per heavy atom. The zero-order chi connectivity index (χ0) is 9.80. The maximum Gasteiger partial charge on any atom is 0.110 e. The fraction of sp³-hybridized carbons (Fsp3) is 0.455. The van der Waals surface area contributed by atoms with E-state index in [1.165, 1.54) is 5.56 Å². The van der Waals surface area contributed by atoms with E-state index in [-0.39, 0.29) is 6.17 Å². The van der Waals surface area contributed by atoms with Crippen LogP contribution in [-0.2, 0) is 4.84 Å². The first-order chi connectivity index (χ1) is 6.92. The van der Waals surface area contributed by atoms with Gasteiger partial charge in [0, 0.05) is 13.1 Å². The third-order valence-corrected chi connectivity index (χ3v) is 2.37. The monoisotopic (exact) mass is 192 g/mol. The summed E-state index contributed by atoms with van der Waals surface area (Å²) in [6.45, 7) is 4.68. The molecule has 1 aromatic rings. The highest BCUT2D eigenvalue weighted by Crippen LogP contribution is 2.20. The van der Waals surface area contributed by atoms with Gasteiger partial charge < -0.3 is 0 Å². The number of hydroxylamine groups is 2. The molecule has 0 aliphatic carbocycles. The number of hydrogen-bond donors (Lipinski definition) is 1. The Morgan fingerprint density at radius 3 is 2.93 bits per heavy atom. The van der Waals surface area contributed by atoms with Crippen molar-refractivity contribution < 1.29 is 4.84 Å². The van der Waals surface area contributed by atoms with Crippen molar-refractivity contribution in [3.63, 3.8) is 0 Å². The van der Waals surface area contributed by atoms with E-state index >= 15 is 0 Å². The van der Waals surface area contributed by atoms with Crippen molar-refractivity contribution in [3.8, 4) is 0 Å². The lowest BCUT2D eigenvalue weighted by molar-refractivity contribution is -0.168. The van der Waals surface area contributed by atoms with Crippen molar-refractivity contribution in [1.29, 1.82) is 0 Å². The normalized spacial score (nSPS) is 22.8. The van der Waals surface area contributed by atoms with Crippen LogP contribution >= 0.6 is 0 Å². The molecule has 3 heteroatoms. The lowest BCUT2D eigenvalue weighted by Crippen LogP contribution is -2.27. The molecule has 0 bridgehead atoms. The lowest BCUT2D eigenvalue weighted by Gasteiger charge is -2.22. The standard InChI is InChI=1S/C11H16N2O/c1-2-14-13-9-8-12-11(13)10-6-4-3-5-7-10/h3-7,11-12H,2,8-9H2,1H3. The predicted octanol–water partition coefficient (Wildman–Crippen LogP) is 1.54. The average Bonchev–Trinajstić information content (AvgIpc) is 2.68. The number of rotatable bonds is 3. The number of nitrogens with one attached hydrogen (secondary N) is 1. The second kappa shape index (κ2) is 4.55. The van der Waals surface area contributed by atoms with E-state index in [1.807, 2.05) is 18.1 Å². The SMILES string of the molecule is CCON1CCNC1c1ccccc1. The Kier molecular flexibility index (Phi) is 3.14. The highest BCUT2D eigenvalue weighted by molar-refractivity contribution is 5.18. The summed E-state index contributed by atoms with van der Waals surface area (Å²) in [5.41, 5.74) is 1.26. The van der Waals surface area contributed by atoms with Crippen molar-refractivity contribution >= 4 is 0 Å². The van der Waals surface area contributed by atoms with Gasteiger partial charge in [0.05, 0.1) is 6.61 Å². The summed E-state index contributed by atoms with van der Waals surface area (Å²) < 4.78 is 0. The Morgan fingerprint density at radius 2 is 2.21 bits per heavy atom. The Labute approximate surface area is 84.6 Å². The van der Waals surface area contributed by atoms with Gasteiger partial charge in [0.1, 0.15) is 6.17 Å². The molecule has 0 amide bonds. The number of hydrogen-bond acceptors (Lipinski definition) is 3. The number of nitrogens with zero attached hydrogens (tertiary/aromatic N) is 1. The maximum atomic E-state index is 5.54. The van der Waals surface area contributed by atoms with Gasteiger partial charge in [-0.2, -0.15) is 5.06 Å². The minimum Gasteiger partial charge on any atom is -0.297 e. The molecule has 1 unspecified atom stereocenters. The summed E-state index contributed by atoms with van der Waals surface area (Å²) in [6.07, 6.45) is 0.219. The largest absolute Gasteiger partial charge is 0.297 e. The molecule has 1 heterocycles. The van der Waals surface area contributed by atoms with Gasteiger partial charge >= 0.3 is 0 Å². The van der Waals surface area contributed by atoms with E-state index in [0.717, 1.165) is 19.7 Å². The molecule has 1 aromatic carbocycles. The van der Waals surface area contributed by atoms with Crippen LogP contribution in [0.25, 0.3) is 0 Å². The van der Waals surface area contributed by atoms with Crippen molar-refractivity contribution in [2.75, 3.05) is 19.7 Å². The molecule has 2 rings (SSSR count). The molecule has 3 nitrogen and oxygen atoms in total. The second-order valence-corrected chi connectivity index (χ2v) is 3.33. The average molecular weight is 192 g/mol. The van der Waals surface area contributed by atoms with E-state index in [2.05, 4.69) is 29.6 Å². The maximum absolute atomic E-state index is 5.54. The topological polar surface area (TPSA) is 24.5 Å². The van der Waals surface area contributed by atoms with Gasteiger partial charge in [-0.25, -0.2) is 0 Å². The van der Waals surface area contributed by atoms with E-state index in [9.17, 15) is 0 Å². The molecule has 0 aromatic heterocycles. The molecule has 1 fully saturated rings. The van der Waals surface area contributed by atoms with Crippen LogP contribution in [0.1, 0.15) is 18.7 Å². The zero-order valence-electron chi connectivity index (χ0n) is 8.44. The van der Waals surface area contributed by atoms with Gasteiger partial charge in [-0.3, -0.25) is 10.2 Å². The second-order valence-electron chi connectivity index (χ2n) is 3.33. The fourth-order valence-corrected chi connectivity index (χ4v) is 1.77. The minimum absolute atomic E-state index is 0.219. The van der Waals surface area contributed by atoms with Crippen LogP contribution in [0.4, 0.5) is 0 Å². The Hall–Kier alpha value is -0.900. The van der Waals surface area contributed by atoms with Gasteiger partial charge in [-0.15, -0.1) is 0 Å². The molecule has 1 N–H and O–H groups in total. The number of benzene rings is 1. The van der Waals surface area contributed by atoms with Crippen LogP contribution in [0.2, 0.25) is 0 Å². The van der Waals surface area contributed by atoms with Crippen LogP contribution in [0, 0.1) is 0 Å². The molecule has 0 spiro atoms. The molecule has 76 valence electrons. The fourth-order valence-electron chi connectivity index (χ4n) is 1.77. The van der Waals surface area contributed by atoms with E-state index in [1.54, 1.807) is 0 Å². The molecular weight excluding hydrogens is 176 g/mol. The molecule has 0 radical (unpaired) electrons. The highest BCUT2D eigenvalue weighted by Gasteiger charge is 2.25. The van der Waals surface area contributed by atoms with E-state index < -0.39 is 0 Å². The van der Waals surface area contributed by atoms with Crippen molar-refractivity contribution in [2.24, 2.45) is 0 Å². The van der Waals surface area contributed by atoms with E-state index in [0.29, 0.717) is 0 Å². The first-order valence-corrected chi connectivity index (χ1v) is 5.09. The van der Waals surface area contributed by atoms with Crippen LogP contribution in [0.3, 0.4) is 0 Å². The molecule has 1 saturated heterocycles. The first kappa shape index (κ1) is 9.65. The zero-order valence-corrected chi connectivity index (χ0v) is 8.44. The van der Waals surface area contributed by atoms with Crippen LogP contribution < -0.4 is 5.32 Å². The quantitative estimate of drug-likeness (QED) is 0.786. The third kappa shape index (κ3) is 1.95. The van der Waals surface area contributed by atoms with Crippen molar-refractivity contribution in [3.05, 3.63) is 35.9 Å². The first-order valence-electron chi connectivity index (χ1n) is 5.09. The van der Waals surface area contributed by atoms with Gasteiger partial charge in [0.25, 0.3) is 0 Å². The molecule has 1 aliphatic heterocycles. The van der Waals surface area contributed by atoms with Gasteiger partial charge in [-0.1, -0.05) is 30.3 Å². The molecule has 1 atom stereocenters. The predicted molar refractivity (Wildman–Crippen MR) is 55.5 cm³/mol. The summed E-state index contributed by atoms with van der Waals surface area (Å²) in [6, 6.07) is 10.4. The molecule has 0 saturated carbocycles. The highest BCUT2D eigenvalue weighted by atomic mass is 16.7. The minimum atomic E-state index is 0.219. The lowest BCUT2D eigenvalue weighted by atomic mass is 10.2. The van der Waals surface area contributed by atoms with Crippen LogP contribution in [-0.4, -0.2) is 24.8 Å². The molecule has 14 heavy (non-hydrogen) atoms. The Bertz CT molecular complexity index is 276. The summed E-state index contributed by atoms with van der Waals surface area (Å²) in [4.78, 5) is 5.54. The van der Waals surface area contributed by atoms with Gasteiger partial charge in [0.15, 0.2) is 0 Å². The molecular formula is C11H16N2O. The third-order valence-electron chi connectivity index (χ3n) is 2.37. The summed E-state index contributed by atoms with van der Waals surface area (Å²) in [5, 5.41) is 5.42. The van der Waals surface area contributed by atoms with Gasteiger partial charge in [0.2, 0.25) is 0 Å². The van der Waals surface area contributed by atoms with E-state index in [4.69, 9.17) is 4.84 Å². The summed E-state index contributed by atoms with van der Waals surface area (Å²) in [7, 11) is 0. The van der Waals surface area contributed by atoms with Gasteiger partial charge in [-0.05, 0) is 12.5 Å². The summed E-state index contributed by atoms with van der Waals surface area (Å²) >= 11 is 0. The van der Waals surface area contributed by atoms with Crippen molar-refractivity contribution in [1.82, 2.24) is 10.4 Å².